The van der Waals surface area contributed by atoms with Crippen molar-refractivity contribution in [3.63, 3.8) is 0 Å². The molecule has 1 N–H and O–H groups in total. The van der Waals surface area contributed by atoms with Gasteiger partial charge in [0.15, 0.2) is 0 Å². The van der Waals surface area contributed by atoms with Gasteiger partial charge in [-0.25, -0.2) is 10.4 Å². The molecule has 35 heavy (non-hydrogen) atoms. The largest absolute Gasteiger partial charge is 0.378 e. The number of aryl methyl sites for hydroxylation is 1. The Labute approximate surface area is 205 Å². The van der Waals surface area contributed by atoms with E-state index in [1.54, 1.807) is 6.21 Å². The predicted molar refractivity (Wildman–Crippen MR) is 136 cm³/mol. The first-order chi connectivity index (χ1) is 17.1. The Morgan fingerprint density at radius 3 is 2.77 bits per heavy atom. The molecule has 1 fully saturated rings. The van der Waals surface area contributed by atoms with Crippen LogP contribution in [0, 0.1) is 6.92 Å². The summed E-state index contributed by atoms with van der Waals surface area (Å²) in [6.45, 7) is 11.4. The third kappa shape index (κ3) is 5.19. The van der Waals surface area contributed by atoms with Crippen LogP contribution in [0.1, 0.15) is 28.8 Å². The van der Waals surface area contributed by atoms with Gasteiger partial charge in [-0.15, -0.1) is 0 Å². The van der Waals surface area contributed by atoms with E-state index in [4.69, 9.17) is 14.7 Å². The zero-order chi connectivity index (χ0) is 24.2. The number of rotatable bonds is 6. The average molecular weight is 474 g/mol. The lowest BCUT2D eigenvalue weighted by Gasteiger charge is -2.31. The molecule has 0 radical (unpaired) electrons. The first kappa shape index (κ1) is 23.0. The number of morpholine rings is 1. The standard InChI is InChI=1S/C26H31N7O2/c1-3-24(34)31-9-7-21(8-10-31)33-17-22-23(18-33)28-26(29-25(22)32-11-13-35-14-12-32)30-27-16-20-6-4-5-19(2)15-20/h3-7,15-16H,1,8-14,17-18H2,2H3,(H,28,29,30)/b27-16+. The maximum atomic E-state index is 11.9. The molecular weight excluding hydrogens is 442 g/mol. The van der Waals surface area contributed by atoms with Crippen molar-refractivity contribution in [3.8, 4) is 0 Å². The molecule has 9 heteroatoms. The number of nitrogens with zero attached hydrogens (tertiary/aromatic N) is 6. The van der Waals surface area contributed by atoms with E-state index in [-0.39, 0.29) is 5.91 Å². The molecule has 5 rings (SSSR count). The summed E-state index contributed by atoms with van der Waals surface area (Å²) in [7, 11) is 0. The highest BCUT2D eigenvalue weighted by Gasteiger charge is 2.30. The van der Waals surface area contributed by atoms with Crippen molar-refractivity contribution in [1.82, 2.24) is 19.8 Å². The highest BCUT2D eigenvalue weighted by molar-refractivity contribution is 5.87. The number of amides is 1. The van der Waals surface area contributed by atoms with Crippen molar-refractivity contribution in [3.05, 3.63) is 71.1 Å². The molecule has 1 amide bonds. The predicted octanol–water partition coefficient (Wildman–Crippen LogP) is 2.69. The van der Waals surface area contributed by atoms with Crippen LogP contribution in [-0.2, 0) is 22.6 Å². The minimum absolute atomic E-state index is 0.0209. The van der Waals surface area contributed by atoms with Gasteiger partial charge in [-0.2, -0.15) is 10.1 Å². The van der Waals surface area contributed by atoms with Gasteiger partial charge in [0, 0.05) is 50.4 Å². The van der Waals surface area contributed by atoms with E-state index >= 15 is 0 Å². The van der Waals surface area contributed by atoms with Gasteiger partial charge in [0.05, 0.1) is 31.7 Å². The second-order valence-corrected chi connectivity index (χ2v) is 8.97. The first-order valence-electron chi connectivity index (χ1n) is 12.0. The molecule has 0 bridgehead atoms. The van der Waals surface area contributed by atoms with Crippen LogP contribution in [0.15, 0.2) is 53.8 Å². The topological polar surface area (TPSA) is 86.2 Å². The molecule has 9 nitrogen and oxygen atoms in total. The van der Waals surface area contributed by atoms with Crippen LogP contribution in [-0.4, -0.2) is 71.3 Å². The molecule has 4 heterocycles. The van der Waals surface area contributed by atoms with Gasteiger partial charge in [0.2, 0.25) is 11.9 Å². The summed E-state index contributed by atoms with van der Waals surface area (Å²) in [6.07, 6.45) is 6.13. The van der Waals surface area contributed by atoms with Crippen molar-refractivity contribution in [2.45, 2.75) is 26.4 Å². The molecule has 0 aliphatic carbocycles. The zero-order valence-electron chi connectivity index (χ0n) is 20.1. The first-order valence-corrected chi connectivity index (χ1v) is 12.0. The number of hydrogen-bond donors (Lipinski definition) is 1. The number of aromatic nitrogens is 2. The summed E-state index contributed by atoms with van der Waals surface area (Å²) >= 11 is 0. The van der Waals surface area contributed by atoms with Gasteiger partial charge in [-0.3, -0.25) is 4.79 Å². The number of carbonyl (C=O) groups excluding carboxylic acids is 1. The Balaban J connectivity index is 1.36. The number of hydrazone groups is 1. The van der Waals surface area contributed by atoms with Gasteiger partial charge in [-0.1, -0.05) is 36.4 Å². The molecule has 2 aromatic rings. The highest BCUT2D eigenvalue weighted by Crippen LogP contribution is 2.34. The van der Waals surface area contributed by atoms with Crippen LogP contribution in [0.3, 0.4) is 0 Å². The smallest absolute Gasteiger partial charge is 0.246 e. The lowest BCUT2D eigenvalue weighted by molar-refractivity contribution is -0.125. The maximum Gasteiger partial charge on any atom is 0.246 e. The molecule has 0 spiro atoms. The van der Waals surface area contributed by atoms with Crippen LogP contribution in [0.25, 0.3) is 0 Å². The molecule has 1 aromatic heterocycles. The molecule has 1 saturated heterocycles. The molecule has 0 unspecified atom stereocenters. The summed E-state index contributed by atoms with van der Waals surface area (Å²) in [5.74, 6) is 1.43. The van der Waals surface area contributed by atoms with Crippen molar-refractivity contribution in [2.75, 3.05) is 49.7 Å². The van der Waals surface area contributed by atoms with Crippen LogP contribution < -0.4 is 10.3 Å². The fraction of sp³-hybridized carbons (Fsp3) is 0.385. The molecule has 182 valence electrons. The van der Waals surface area contributed by atoms with Gasteiger partial charge in [0.1, 0.15) is 5.82 Å². The minimum Gasteiger partial charge on any atom is -0.378 e. The number of hydrogen-bond acceptors (Lipinski definition) is 8. The molecule has 1 aromatic carbocycles. The van der Waals surface area contributed by atoms with Gasteiger partial charge < -0.3 is 19.4 Å². The third-order valence-corrected chi connectivity index (χ3v) is 6.57. The fourth-order valence-electron chi connectivity index (χ4n) is 4.72. The third-order valence-electron chi connectivity index (χ3n) is 6.57. The Hall–Kier alpha value is -3.72. The van der Waals surface area contributed by atoms with Crippen LogP contribution >= 0.6 is 0 Å². The second-order valence-electron chi connectivity index (χ2n) is 8.97. The van der Waals surface area contributed by atoms with E-state index in [1.165, 1.54) is 17.3 Å². The quantitative estimate of drug-likeness (QED) is 0.392. The second kappa shape index (κ2) is 10.3. The number of ether oxygens (including phenoxy) is 1. The van der Waals surface area contributed by atoms with Crippen LogP contribution in [0.4, 0.5) is 11.8 Å². The monoisotopic (exact) mass is 473 g/mol. The number of carbonyl (C=O) groups is 1. The van der Waals surface area contributed by atoms with Crippen molar-refractivity contribution < 1.29 is 9.53 Å². The van der Waals surface area contributed by atoms with Crippen molar-refractivity contribution >= 4 is 23.9 Å². The van der Waals surface area contributed by atoms with Gasteiger partial charge in [-0.05, 0) is 24.6 Å². The molecule has 3 aliphatic heterocycles. The van der Waals surface area contributed by atoms with E-state index in [0.717, 1.165) is 48.7 Å². The van der Waals surface area contributed by atoms with E-state index in [0.29, 0.717) is 38.8 Å². The highest BCUT2D eigenvalue weighted by atomic mass is 16.5. The Kier molecular flexibility index (Phi) is 6.76. The van der Waals surface area contributed by atoms with E-state index in [2.05, 4.69) is 52.0 Å². The summed E-state index contributed by atoms with van der Waals surface area (Å²) < 4.78 is 5.57. The zero-order valence-corrected chi connectivity index (χ0v) is 20.1. The SMILES string of the molecule is C=CC(=O)N1CC=C(N2Cc3nc(N/N=C/c4cccc(C)c4)nc(N4CCOCC4)c3C2)CC1. The van der Waals surface area contributed by atoms with Gasteiger partial charge in [0.25, 0.3) is 0 Å². The van der Waals surface area contributed by atoms with Crippen LogP contribution in [0.2, 0.25) is 0 Å². The maximum absolute atomic E-state index is 11.9. The summed E-state index contributed by atoms with van der Waals surface area (Å²) in [5.41, 5.74) is 8.67. The van der Waals surface area contributed by atoms with E-state index < -0.39 is 0 Å². The summed E-state index contributed by atoms with van der Waals surface area (Å²) in [4.78, 5) is 28.1. The lowest BCUT2D eigenvalue weighted by atomic mass is 10.1. The number of nitrogens with one attached hydrogen (secondary N) is 1. The number of fused-ring (bicyclic) bond motifs is 1. The molecule has 0 atom stereocenters. The fourth-order valence-corrected chi connectivity index (χ4v) is 4.72. The molecule has 3 aliphatic rings. The summed E-state index contributed by atoms with van der Waals surface area (Å²) in [5, 5.41) is 4.39. The molecular formula is C26H31N7O2. The van der Waals surface area contributed by atoms with Gasteiger partial charge >= 0.3 is 0 Å². The van der Waals surface area contributed by atoms with Crippen molar-refractivity contribution in [1.29, 1.82) is 0 Å². The Bertz CT molecular complexity index is 1170. The average Bonchev–Trinajstić information content (AvgIpc) is 3.33. The molecule has 0 saturated carbocycles. The Morgan fingerprint density at radius 2 is 2.03 bits per heavy atom. The van der Waals surface area contributed by atoms with E-state index in [1.807, 2.05) is 17.0 Å². The van der Waals surface area contributed by atoms with E-state index in [9.17, 15) is 4.79 Å². The number of benzene rings is 1. The van der Waals surface area contributed by atoms with Crippen LogP contribution in [0.5, 0.6) is 0 Å². The lowest BCUT2D eigenvalue weighted by Crippen LogP contribution is -2.37. The number of anilines is 2. The summed E-state index contributed by atoms with van der Waals surface area (Å²) in [6, 6.07) is 8.17. The minimum atomic E-state index is -0.0209. The van der Waals surface area contributed by atoms with Crippen molar-refractivity contribution in [2.24, 2.45) is 5.10 Å². The normalized spacial score (nSPS) is 18.0. The Morgan fingerprint density at radius 1 is 1.17 bits per heavy atom.